The molecule has 0 aliphatic heterocycles. The van der Waals surface area contributed by atoms with Gasteiger partial charge in [-0.2, -0.15) is 5.26 Å². The predicted octanol–water partition coefficient (Wildman–Crippen LogP) is 1.98. The van der Waals surface area contributed by atoms with E-state index in [9.17, 15) is 0 Å². The van der Waals surface area contributed by atoms with Crippen molar-refractivity contribution in [3.8, 4) is 17.5 Å². The lowest BCUT2D eigenvalue weighted by molar-refractivity contribution is 0.546. The minimum absolute atomic E-state index is 0.327. The van der Waals surface area contributed by atoms with Crippen molar-refractivity contribution in [1.82, 2.24) is 9.97 Å². The zero-order valence-corrected chi connectivity index (χ0v) is 9.93. The number of aryl methyl sites for hydroxylation is 1. The number of furan rings is 1. The zero-order chi connectivity index (χ0) is 12.4. The van der Waals surface area contributed by atoms with Crippen LogP contribution in [-0.4, -0.2) is 24.1 Å². The van der Waals surface area contributed by atoms with E-state index in [0.29, 0.717) is 23.1 Å². The number of aromatic nitrogens is 2. The van der Waals surface area contributed by atoms with Crippen molar-refractivity contribution >= 4 is 5.95 Å². The summed E-state index contributed by atoms with van der Waals surface area (Å²) < 4.78 is 5.49. The standard InChI is InChI=1S/C12H12N4O/c1-8-4-5-11(17-8)10-6-9(7-13)14-12(15-10)16(2)3/h4-6H,1-3H3. The van der Waals surface area contributed by atoms with Crippen LogP contribution in [0.1, 0.15) is 11.5 Å². The largest absolute Gasteiger partial charge is 0.460 e. The average molecular weight is 228 g/mol. The monoisotopic (exact) mass is 228 g/mol. The number of hydrogen-bond acceptors (Lipinski definition) is 5. The van der Waals surface area contributed by atoms with Crippen LogP contribution in [0.4, 0.5) is 5.95 Å². The quantitative estimate of drug-likeness (QED) is 0.786. The molecule has 86 valence electrons. The third kappa shape index (κ3) is 2.26. The van der Waals surface area contributed by atoms with Gasteiger partial charge < -0.3 is 9.32 Å². The van der Waals surface area contributed by atoms with Crippen LogP contribution in [-0.2, 0) is 0 Å². The molecule has 2 aromatic rings. The molecule has 0 atom stereocenters. The van der Waals surface area contributed by atoms with Crippen LogP contribution in [0.15, 0.2) is 22.6 Å². The van der Waals surface area contributed by atoms with Gasteiger partial charge in [-0.05, 0) is 19.1 Å². The first-order chi connectivity index (χ1) is 8.10. The Hall–Kier alpha value is -2.35. The fourth-order valence-corrected chi connectivity index (χ4v) is 1.39. The van der Waals surface area contributed by atoms with E-state index < -0.39 is 0 Å². The van der Waals surface area contributed by atoms with Gasteiger partial charge in [-0.15, -0.1) is 0 Å². The van der Waals surface area contributed by atoms with Gasteiger partial charge in [-0.25, -0.2) is 9.97 Å². The van der Waals surface area contributed by atoms with E-state index in [-0.39, 0.29) is 0 Å². The van der Waals surface area contributed by atoms with Gasteiger partial charge in [0.25, 0.3) is 0 Å². The molecule has 0 bridgehead atoms. The average Bonchev–Trinajstić information content (AvgIpc) is 2.75. The van der Waals surface area contributed by atoms with Crippen LogP contribution in [0, 0.1) is 18.3 Å². The lowest BCUT2D eigenvalue weighted by Crippen LogP contribution is -2.13. The maximum Gasteiger partial charge on any atom is 0.226 e. The molecule has 0 unspecified atom stereocenters. The van der Waals surface area contributed by atoms with Crippen LogP contribution >= 0.6 is 0 Å². The lowest BCUT2D eigenvalue weighted by atomic mass is 10.3. The second-order valence-corrected chi connectivity index (χ2v) is 3.85. The SMILES string of the molecule is Cc1ccc(-c2cc(C#N)nc(N(C)C)n2)o1. The minimum Gasteiger partial charge on any atom is -0.460 e. The smallest absolute Gasteiger partial charge is 0.226 e. The molecule has 0 fully saturated rings. The molecule has 0 spiro atoms. The van der Waals surface area contributed by atoms with E-state index in [1.54, 1.807) is 11.0 Å². The van der Waals surface area contributed by atoms with E-state index in [1.165, 1.54) is 0 Å². The molecule has 2 rings (SSSR count). The Labute approximate surface area is 99.3 Å². The van der Waals surface area contributed by atoms with Gasteiger partial charge in [0.2, 0.25) is 5.95 Å². The molecule has 0 aromatic carbocycles. The van der Waals surface area contributed by atoms with Crippen molar-refractivity contribution < 1.29 is 4.42 Å². The fraction of sp³-hybridized carbons (Fsp3) is 0.250. The summed E-state index contributed by atoms with van der Waals surface area (Å²) in [5, 5.41) is 8.93. The van der Waals surface area contributed by atoms with Crippen molar-refractivity contribution in [2.45, 2.75) is 6.92 Å². The summed E-state index contributed by atoms with van der Waals surface area (Å²) in [6.07, 6.45) is 0. The van der Waals surface area contributed by atoms with Crippen LogP contribution in [0.2, 0.25) is 0 Å². The number of nitriles is 1. The van der Waals surface area contributed by atoms with Crippen LogP contribution in [0.25, 0.3) is 11.5 Å². The summed E-state index contributed by atoms with van der Waals surface area (Å²) in [6, 6.07) is 7.33. The first-order valence-corrected chi connectivity index (χ1v) is 5.13. The molecule has 2 heterocycles. The summed E-state index contributed by atoms with van der Waals surface area (Å²) in [5.74, 6) is 1.95. The molecule has 0 amide bonds. The third-order valence-electron chi connectivity index (χ3n) is 2.22. The maximum absolute atomic E-state index is 8.93. The molecule has 2 aromatic heterocycles. The van der Waals surface area contributed by atoms with Crippen molar-refractivity contribution in [2.24, 2.45) is 0 Å². The highest BCUT2D eigenvalue weighted by Crippen LogP contribution is 2.22. The fourth-order valence-electron chi connectivity index (χ4n) is 1.39. The van der Waals surface area contributed by atoms with E-state index in [1.807, 2.05) is 39.2 Å². The van der Waals surface area contributed by atoms with Crippen molar-refractivity contribution in [3.05, 3.63) is 29.7 Å². The van der Waals surface area contributed by atoms with Crippen molar-refractivity contribution in [1.29, 1.82) is 5.26 Å². The Morgan fingerprint density at radius 3 is 2.59 bits per heavy atom. The predicted molar refractivity (Wildman–Crippen MR) is 63.5 cm³/mol. The summed E-state index contributed by atoms with van der Waals surface area (Å²) in [4.78, 5) is 10.2. The van der Waals surface area contributed by atoms with Crippen molar-refractivity contribution in [3.63, 3.8) is 0 Å². The molecule has 0 radical (unpaired) electrons. The van der Waals surface area contributed by atoms with Gasteiger partial charge in [0, 0.05) is 20.2 Å². The summed E-state index contributed by atoms with van der Waals surface area (Å²) in [6.45, 7) is 1.86. The van der Waals surface area contributed by atoms with Gasteiger partial charge in [-0.3, -0.25) is 0 Å². The van der Waals surface area contributed by atoms with Gasteiger partial charge in [0.15, 0.2) is 5.76 Å². The van der Waals surface area contributed by atoms with Crippen LogP contribution < -0.4 is 4.90 Å². The molecule has 0 aliphatic rings. The zero-order valence-electron chi connectivity index (χ0n) is 9.93. The van der Waals surface area contributed by atoms with E-state index >= 15 is 0 Å². The summed E-state index contributed by atoms with van der Waals surface area (Å²) in [5.41, 5.74) is 0.945. The first kappa shape index (κ1) is 11.1. The Morgan fingerprint density at radius 1 is 1.29 bits per heavy atom. The molecule has 0 saturated carbocycles. The Balaban J connectivity index is 2.54. The summed E-state index contributed by atoms with van der Waals surface area (Å²) in [7, 11) is 3.65. The summed E-state index contributed by atoms with van der Waals surface area (Å²) >= 11 is 0. The molecular formula is C12H12N4O. The topological polar surface area (TPSA) is 66.0 Å². The second-order valence-electron chi connectivity index (χ2n) is 3.85. The van der Waals surface area contributed by atoms with Gasteiger partial charge >= 0.3 is 0 Å². The van der Waals surface area contributed by atoms with E-state index in [2.05, 4.69) is 9.97 Å². The number of hydrogen-bond donors (Lipinski definition) is 0. The highest BCUT2D eigenvalue weighted by Gasteiger charge is 2.10. The minimum atomic E-state index is 0.327. The van der Waals surface area contributed by atoms with Gasteiger partial charge in [0.1, 0.15) is 23.2 Å². The molecule has 0 aliphatic carbocycles. The maximum atomic E-state index is 8.93. The first-order valence-electron chi connectivity index (χ1n) is 5.13. The van der Waals surface area contributed by atoms with Gasteiger partial charge in [0.05, 0.1) is 0 Å². The Bertz CT molecular complexity index is 580. The van der Waals surface area contributed by atoms with E-state index in [0.717, 1.165) is 5.76 Å². The molecule has 17 heavy (non-hydrogen) atoms. The highest BCUT2D eigenvalue weighted by atomic mass is 16.3. The Morgan fingerprint density at radius 2 is 2.06 bits per heavy atom. The normalized spacial score (nSPS) is 10.0. The molecule has 0 N–H and O–H groups in total. The second kappa shape index (κ2) is 4.26. The van der Waals surface area contributed by atoms with Crippen LogP contribution in [0.3, 0.4) is 0 Å². The van der Waals surface area contributed by atoms with Crippen molar-refractivity contribution in [2.75, 3.05) is 19.0 Å². The number of rotatable bonds is 2. The number of nitrogens with zero attached hydrogens (tertiary/aromatic N) is 4. The Kier molecular flexibility index (Phi) is 2.79. The van der Waals surface area contributed by atoms with Crippen LogP contribution in [0.5, 0.6) is 0 Å². The molecular weight excluding hydrogens is 216 g/mol. The third-order valence-corrected chi connectivity index (χ3v) is 2.22. The van der Waals surface area contributed by atoms with E-state index in [4.69, 9.17) is 9.68 Å². The highest BCUT2D eigenvalue weighted by molar-refractivity contribution is 5.56. The number of anilines is 1. The molecule has 0 saturated heterocycles. The molecule has 5 nitrogen and oxygen atoms in total. The van der Waals surface area contributed by atoms with Gasteiger partial charge in [-0.1, -0.05) is 0 Å². The molecule has 5 heteroatoms. The lowest BCUT2D eigenvalue weighted by Gasteiger charge is -2.10.